The van der Waals surface area contributed by atoms with Gasteiger partial charge in [-0.1, -0.05) is 53.0 Å². The molecule has 2 aromatic rings. The minimum Gasteiger partial charge on any atom is -0.486 e. The summed E-state index contributed by atoms with van der Waals surface area (Å²) in [5, 5.41) is 1.02. The summed E-state index contributed by atoms with van der Waals surface area (Å²) in [6.07, 6.45) is 0. The van der Waals surface area contributed by atoms with Gasteiger partial charge in [-0.15, -0.1) is 0 Å². The van der Waals surface area contributed by atoms with Crippen LogP contribution in [0.25, 0.3) is 0 Å². The molecule has 0 spiro atoms. The Morgan fingerprint density at radius 1 is 1.14 bits per heavy atom. The molecule has 0 heterocycles. The molecule has 0 aliphatic heterocycles. The van der Waals surface area contributed by atoms with Crippen LogP contribution in [0, 0.1) is 0 Å². The number of ether oxygens (including phenoxy) is 1. The fourth-order valence-electron chi connectivity index (χ4n) is 1.76. The Kier molecular flexibility index (Phi) is 5.31. The van der Waals surface area contributed by atoms with Crippen LogP contribution in [-0.4, -0.2) is 5.91 Å². The molecule has 0 aliphatic carbocycles. The summed E-state index contributed by atoms with van der Waals surface area (Å²) in [5.74, 6) is 5.06. The van der Waals surface area contributed by atoms with Gasteiger partial charge in [-0.05, 0) is 18.2 Å². The van der Waals surface area contributed by atoms with E-state index in [1.165, 1.54) is 12.1 Å². The van der Waals surface area contributed by atoms with E-state index in [0.29, 0.717) is 31.9 Å². The minimum absolute atomic E-state index is 0.116. The van der Waals surface area contributed by atoms with Crippen molar-refractivity contribution in [1.82, 2.24) is 5.43 Å². The number of carbonyl (C=O) groups is 1. The van der Waals surface area contributed by atoms with E-state index in [4.69, 9.17) is 45.4 Å². The lowest BCUT2D eigenvalue weighted by Gasteiger charge is -2.12. The average molecular weight is 346 g/mol. The Hall–Kier alpha value is -1.46. The van der Waals surface area contributed by atoms with Gasteiger partial charge in [0, 0.05) is 16.1 Å². The molecule has 7 heteroatoms. The molecule has 0 aromatic heterocycles. The highest BCUT2D eigenvalue weighted by atomic mass is 35.5. The molecule has 0 bridgehead atoms. The molecule has 0 unspecified atom stereocenters. The number of halogens is 3. The third kappa shape index (κ3) is 3.80. The van der Waals surface area contributed by atoms with E-state index >= 15 is 0 Å². The van der Waals surface area contributed by atoms with Gasteiger partial charge in [-0.3, -0.25) is 10.2 Å². The van der Waals surface area contributed by atoms with Gasteiger partial charge in [0.15, 0.2) is 5.75 Å². The molecule has 0 aliphatic rings. The Morgan fingerprint density at radius 3 is 2.38 bits per heavy atom. The monoisotopic (exact) mass is 344 g/mol. The van der Waals surface area contributed by atoms with E-state index in [1.807, 2.05) is 0 Å². The number of hydrazine groups is 1. The highest BCUT2D eigenvalue weighted by Crippen LogP contribution is 2.36. The summed E-state index contributed by atoms with van der Waals surface area (Å²) < 4.78 is 5.60. The van der Waals surface area contributed by atoms with E-state index < -0.39 is 5.91 Å². The van der Waals surface area contributed by atoms with Crippen LogP contribution in [0.15, 0.2) is 36.4 Å². The van der Waals surface area contributed by atoms with Crippen molar-refractivity contribution in [3.05, 3.63) is 62.6 Å². The predicted octanol–water partition coefficient (Wildman–Crippen LogP) is 3.83. The summed E-state index contributed by atoms with van der Waals surface area (Å²) in [7, 11) is 0. The van der Waals surface area contributed by atoms with Gasteiger partial charge in [0.05, 0.1) is 10.0 Å². The van der Waals surface area contributed by atoms with E-state index in [2.05, 4.69) is 5.43 Å². The number of nitrogen functional groups attached to an aromatic ring is 1. The van der Waals surface area contributed by atoms with Crippen molar-refractivity contribution >= 4 is 40.7 Å². The highest BCUT2D eigenvalue weighted by Gasteiger charge is 2.13. The first-order valence-corrected chi connectivity index (χ1v) is 7.02. The Bertz CT molecular complexity index is 654. The Morgan fingerprint density at radius 2 is 1.76 bits per heavy atom. The molecule has 4 nitrogen and oxygen atoms in total. The maximum atomic E-state index is 11.7. The number of hydrogen-bond donors (Lipinski definition) is 2. The molecule has 2 rings (SSSR count). The van der Waals surface area contributed by atoms with Crippen molar-refractivity contribution < 1.29 is 9.53 Å². The molecule has 21 heavy (non-hydrogen) atoms. The van der Waals surface area contributed by atoms with Gasteiger partial charge >= 0.3 is 0 Å². The van der Waals surface area contributed by atoms with Gasteiger partial charge in [-0.25, -0.2) is 5.84 Å². The lowest BCUT2D eigenvalue weighted by molar-refractivity contribution is 0.0951. The van der Waals surface area contributed by atoms with E-state index in [-0.39, 0.29) is 6.61 Å². The summed E-state index contributed by atoms with van der Waals surface area (Å²) in [5.41, 5.74) is 3.16. The molecule has 0 saturated heterocycles. The van der Waals surface area contributed by atoms with Crippen molar-refractivity contribution in [2.75, 3.05) is 0 Å². The van der Waals surface area contributed by atoms with Crippen LogP contribution in [0.1, 0.15) is 15.9 Å². The summed E-state index contributed by atoms with van der Waals surface area (Å²) in [4.78, 5) is 11.7. The first kappa shape index (κ1) is 15.9. The number of amides is 1. The van der Waals surface area contributed by atoms with Gasteiger partial charge < -0.3 is 4.74 Å². The Labute approximate surface area is 136 Å². The molecule has 0 saturated carbocycles. The number of nitrogens with two attached hydrogens (primary N) is 1. The van der Waals surface area contributed by atoms with Crippen LogP contribution in [0.2, 0.25) is 15.1 Å². The zero-order chi connectivity index (χ0) is 15.4. The van der Waals surface area contributed by atoms with E-state index in [0.717, 1.165) is 0 Å². The molecule has 1 amide bonds. The number of rotatable bonds is 4. The maximum absolute atomic E-state index is 11.7. The molecule has 110 valence electrons. The normalized spacial score (nSPS) is 10.3. The van der Waals surface area contributed by atoms with E-state index in [9.17, 15) is 4.79 Å². The summed E-state index contributed by atoms with van der Waals surface area (Å²) >= 11 is 17.9. The number of hydrogen-bond acceptors (Lipinski definition) is 3. The second-order valence-corrected chi connectivity index (χ2v) is 5.37. The lowest BCUT2D eigenvalue weighted by Crippen LogP contribution is -2.30. The smallest absolute Gasteiger partial charge is 0.265 e. The average Bonchev–Trinajstić information content (AvgIpc) is 2.45. The molecular formula is C14H11Cl3N2O2. The second kappa shape index (κ2) is 7.00. The SMILES string of the molecule is NNC(=O)c1ccccc1COc1c(Cl)cc(Cl)cc1Cl. The van der Waals surface area contributed by atoms with Crippen LogP contribution < -0.4 is 16.0 Å². The van der Waals surface area contributed by atoms with Gasteiger partial charge in [0.2, 0.25) is 0 Å². The fraction of sp³-hybridized carbons (Fsp3) is 0.0714. The predicted molar refractivity (Wildman–Crippen MR) is 83.9 cm³/mol. The lowest BCUT2D eigenvalue weighted by atomic mass is 10.1. The first-order valence-electron chi connectivity index (χ1n) is 5.89. The quantitative estimate of drug-likeness (QED) is 0.503. The van der Waals surface area contributed by atoms with Crippen molar-refractivity contribution in [2.45, 2.75) is 6.61 Å². The van der Waals surface area contributed by atoms with Crippen molar-refractivity contribution in [1.29, 1.82) is 0 Å². The van der Waals surface area contributed by atoms with Crippen LogP contribution >= 0.6 is 34.8 Å². The third-order valence-electron chi connectivity index (χ3n) is 2.73. The minimum atomic E-state index is -0.400. The van der Waals surface area contributed by atoms with Crippen molar-refractivity contribution in [2.24, 2.45) is 5.84 Å². The highest BCUT2D eigenvalue weighted by molar-refractivity contribution is 6.40. The third-order valence-corrected chi connectivity index (χ3v) is 3.51. The van der Waals surface area contributed by atoms with Crippen LogP contribution in [-0.2, 0) is 6.61 Å². The maximum Gasteiger partial charge on any atom is 0.265 e. The first-order chi connectivity index (χ1) is 10.0. The largest absolute Gasteiger partial charge is 0.486 e. The molecule has 0 atom stereocenters. The van der Waals surface area contributed by atoms with Gasteiger partial charge in [0.1, 0.15) is 6.61 Å². The summed E-state index contributed by atoms with van der Waals surface area (Å²) in [6.45, 7) is 0.116. The number of benzene rings is 2. The van der Waals surface area contributed by atoms with Crippen molar-refractivity contribution in [3.63, 3.8) is 0 Å². The topological polar surface area (TPSA) is 64.3 Å². The number of nitrogens with one attached hydrogen (secondary N) is 1. The van der Waals surface area contributed by atoms with Crippen LogP contribution in [0.3, 0.4) is 0 Å². The van der Waals surface area contributed by atoms with Gasteiger partial charge in [0.25, 0.3) is 5.91 Å². The zero-order valence-electron chi connectivity index (χ0n) is 10.7. The standard InChI is InChI=1S/C14H11Cl3N2O2/c15-9-5-11(16)13(12(17)6-9)21-7-8-3-1-2-4-10(8)14(20)19-18/h1-6H,7,18H2,(H,19,20). The van der Waals surface area contributed by atoms with Crippen LogP contribution in [0.5, 0.6) is 5.75 Å². The molecular weight excluding hydrogens is 335 g/mol. The molecule has 0 radical (unpaired) electrons. The molecule has 2 aromatic carbocycles. The van der Waals surface area contributed by atoms with Gasteiger partial charge in [-0.2, -0.15) is 0 Å². The van der Waals surface area contributed by atoms with Crippen LogP contribution in [0.4, 0.5) is 0 Å². The number of carbonyl (C=O) groups excluding carboxylic acids is 1. The van der Waals surface area contributed by atoms with Crippen molar-refractivity contribution in [3.8, 4) is 5.75 Å². The Balaban J connectivity index is 2.23. The summed E-state index contributed by atoms with van der Waals surface area (Å²) in [6, 6.07) is 9.98. The molecule has 3 N–H and O–H groups in total. The second-order valence-electron chi connectivity index (χ2n) is 4.12. The zero-order valence-corrected chi connectivity index (χ0v) is 13.0. The van der Waals surface area contributed by atoms with E-state index in [1.54, 1.807) is 24.3 Å². The molecule has 0 fully saturated rings. The fourth-order valence-corrected chi connectivity index (χ4v) is 2.69.